The van der Waals surface area contributed by atoms with Gasteiger partial charge in [0.2, 0.25) is 0 Å². The zero-order valence-corrected chi connectivity index (χ0v) is 18.2. The molecule has 7 nitrogen and oxygen atoms in total. The molecule has 4 rings (SSSR count). The quantitative estimate of drug-likeness (QED) is 0.564. The number of hydrogen-bond donors (Lipinski definition) is 2. The van der Waals surface area contributed by atoms with Crippen molar-refractivity contribution in [3.8, 4) is 5.75 Å². The second kappa shape index (κ2) is 10.4. The van der Waals surface area contributed by atoms with Crippen LogP contribution in [-0.4, -0.2) is 41.1 Å². The summed E-state index contributed by atoms with van der Waals surface area (Å²) in [4.78, 5) is 13.0. The highest BCUT2D eigenvalue weighted by Gasteiger charge is 2.22. The van der Waals surface area contributed by atoms with Crippen molar-refractivity contribution in [2.24, 2.45) is 5.92 Å². The first kappa shape index (κ1) is 22.0. The van der Waals surface area contributed by atoms with E-state index in [4.69, 9.17) is 4.74 Å². The van der Waals surface area contributed by atoms with E-state index < -0.39 is 0 Å². The molecule has 0 unspecified atom stereocenters. The second-order valence-electron chi connectivity index (χ2n) is 8.07. The van der Waals surface area contributed by atoms with E-state index in [1.807, 2.05) is 28.9 Å². The third-order valence-corrected chi connectivity index (χ3v) is 5.85. The van der Waals surface area contributed by atoms with E-state index >= 15 is 0 Å². The Hall–Kier alpha value is -3.26. The van der Waals surface area contributed by atoms with E-state index in [0.717, 1.165) is 55.9 Å². The van der Waals surface area contributed by atoms with E-state index in [9.17, 15) is 9.18 Å². The number of piperidine rings is 1. The van der Waals surface area contributed by atoms with Crippen molar-refractivity contribution in [2.45, 2.75) is 32.2 Å². The number of nitrogens with one attached hydrogen (secondary N) is 2. The molecule has 2 N–H and O–H groups in total. The van der Waals surface area contributed by atoms with Crippen LogP contribution < -0.4 is 15.4 Å². The highest BCUT2D eigenvalue weighted by atomic mass is 19.1. The predicted molar refractivity (Wildman–Crippen MR) is 120 cm³/mol. The Kier molecular flexibility index (Phi) is 7.11. The molecule has 0 bridgehead atoms. The molecule has 2 heterocycles. The molecule has 0 radical (unpaired) electrons. The number of rotatable bonds is 8. The van der Waals surface area contributed by atoms with Gasteiger partial charge >= 0.3 is 0 Å². The molecule has 3 aromatic rings. The van der Waals surface area contributed by atoms with Crippen molar-refractivity contribution in [3.63, 3.8) is 0 Å². The standard InChI is InChI=1S/C24H28FN5O2/c1-32-21-9-2-17(3-10-21)4-11-22-23(24(31)27-20-7-5-19(25)6-8-20)28-29-30(22)16-18-12-14-26-15-13-18/h2-3,5-10,18,26H,4,11-16H2,1H3,(H,27,31). The lowest BCUT2D eigenvalue weighted by Gasteiger charge is -2.23. The van der Waals surface area contributed by atoms with Crippen LogP contribution in [0, 0.1) is 11.7 Å². The third kappa shape index (κ3) is 5.50. The Morgan fingerprint density at radius 2 is 1.84 bits per heavy atom. The van der Waals surface area contributed by atoms with Gasteiger partial charge in [-0.2, -0.15) is 0 Å². The molecule has 0 atom stereocenters. The number of benzene rings is 2. The number of carbonyl (C=O) groups excluding carboxylic acids is 1. The van der Waals surface area contributed by atoms with Crippen molar-refractivity contribution in [3.05, 3.63) is 71.3 Å². The maximum atomic E-state index is 13.2. The number of aryl methyl sites for hydroxylation is 1. The van der Waals surface area contributed by atoms with Crippen LogP contribution in [0.15, 0.2) is 48.5 Å². The van der Waals surface area contributed by atoms with Gasteiger partial charge in [0.25, 0.3) is 5.91 Å². The molecule has 1 fully saturated rings. The van der Waals surface area contributed by atoms with Crippen LogP contribution in [0.5, 0.6) is 5.75 Å². The summed E-state index contributed by atoms with van der Waals surface area (Å²) in [6.07, 6.45) is 3.54. The SMILES string of the molecule is COc1ccc(CCc2c(C(=O)Nc3ccc(F)cc3)nnn2CC2CCNCC2)cc1. The Morgan fingerprint density at radius 1 is 1.12 bits per heavy atom. The van der Waals surface area contributed by atoms with Gasteiger partial charge in [0, 0.05) is 12.2 Å². The number of anilines is 1. The minimum Gasteiger partial charge on any atom is -0.497 e. The van der Waals surface area contributed by atoms with Crippen LogP contribution in [0.3, 0.4) is 0 Å². The van der Waals surface area contributed by atoms with Crippen LogP contribution in [-0.2, 0) is 19.4 Å². The number of ether oxygens (including phenoxy) is 1. The van der Waals surface area contributed by atoms with Gasteiger partial charge in [-0.25, -0.2) is 9.07 Å². The minimum atomic E-state index is -0.351. The van der Waals surface area contributed by atoms with Gasteiger partial charge in [-0.1, -0.05) is 17.3 Å². The van der Waals surface area contributed by atoms with Crippen molar-refractivity contribution in [2.75, 3.05) is 25.5 Å². The summed E-state index contributed by atoms with van der Waals surface area (Å²) in [7, 11) is 1.64. The van der Waals surface area contributed by atoms with E-state index in [-0.39, 0.29) is 11.7 Å². The Bertz CT molecular complexity index is 1030. The Balaban J connectivity index is 1.53. The van der Waals surface area contributed by atoms with Crippen LogP contribution in [0.1, 0.15) is 34.6 Å². The molecule has 168 valence electrons. The van der Waals surface area contributed by atoms with Crippen molar-refractivity contribution in [1.82, 2.24) is 20.3 Å². The van der Waals surface area contributed by atoms with Gasteiger partial charge < -0.3 is 15.4 Å². The highest BCUT2D eigenvalue weighted by Crippen LogP contribution is 2.20. The molecule has 1 aromatic heterocycles. The summed E-state index contributed by atoms with van der Waals surface area (Å²) in [6.45, 7) is 2.74. The van der Waals surface area contributed by atoms with Crippen LogP contribution in [0.2, 0.25) is 0 Å². The van der Waals surface area contributed by atoms with Crippen molar-refractivity contribution >= 4 is 11.6 Å². The largest absolute Gasteiger partial charge is 0.497 e. The highest BCUT2D eigenvalue weighted by molar-refractivity contribution is 6.03. The molecular formula is C24H28FN5O2. The first-order valence-electron chi connectivity index (χ1n) is 11.0. The van der Waals surface area contributed by atoms with Crippen molar-refractivity contribution in [1.29, 1.82) is 0 Å². The van der Waals surface area contributed by atoms with E-state index in [1.165, 1.54) is 24.3 Å². The Labute approximate surface area is 187 Å². The molecule has 8 heteroatoms. The molecular weight excluding hydrogens is 409 g/mol. The smallest absolute Gasteiger partial charge is 0.278 e. The number of amides is 1. The lowest BCUT2D eigenvalue weighted by molar-refractivity contribution is 0.102. The molecule has 2 aromatic carbocycles. The molecule has 1 aliphatic heterocycles. The second-order valence-corrected chi connectivity index (χ2v) is 8.07. The average molecular weight is 438 g/mol. The molecule has 1 amide bonds. The number of hydrogen-bond acceptors (Lipinski definition) is 5. The van der Waals surface area contributed by atoms with E-state index in [1.54, 1.807) is 7.11 Å². The van der Waals surface area contributed by atoms with E-state index in [0.29, 0.717) is 23.7 Å². The van der Waals surface area contributed by atoms with Gasteiger partial charge in [-0.3, -0.25) is 4.79 Å². The average Bonchev–Trinajstić information content (AvgIpc) is 3.22. The predicted octanol–water partition coefficient (Wildman–Crippen LogP) is 3.46. The number of nitrogens with zero attached hydrogens (tertiary/aromatic N) is 3. The normalized spacial score (nSPS) is 14.3. The summed E-state index contributed by atoms with van der Waals surface area (Å²) in [5.41, 5.74) is 2.80. The molecule has 32 heavy (non-hydrogen) atoms. The van der Waals surface area contributed by atoms with Gasteiger partial charge in [0.05, 0.1) is 12.8 Å². The summed E-state index contributed by atoms with van der Waals surface area (Å²) in [5.74, 6) is 0.630. The lowest BCUT2D eigenvalue weighted by atomic mass is 9.98. The fourth-order valence-electron chi connectivity index (χ4n) is 3.99. The maximum absolute atomic E-state index is 13.2. The fourth-order valence-corrected chi connectivity index (χ4v) is 3.99. The third-order valence-electron chi connectivity index (χ3n) is 5.85. The molecule has 0 aliphatic carbocycles. The molecule has 0 spiro atoms. The zero-order chi connectivity index (χ0) is 22.3. The lowest BCUT2D eigenvalue weighted by Crippen LogP contribution is -2.30. The van der Waals surface area contributed by atoms with Crippen LogP contribution in [0.4, 0.5) is 10.1 Å². The summed E-state index contributed by atoms with van der Waals surface area (Å²) >= 11 is 0. The van der Waals surface area contributed by atoms with Gasteiger partial charge in [0.15, 0.2) is 5.69 Å². The molecule has 1 saturated heterocycles. The zero-order valence-electron chi connectivity index (χ0n) is 18.2. The van der Waals surface area contributed by atoms with Gasteiger partial charge in [-0.05, 0) is 86.7 Å². The van der Waals surface area contributed by atoms with Crippen LogP contribution in [0.25, 0.3) is 0 Å². The number of carbonyl (C=O) groups is 1. The maximum Gasteiger partial charge on any atom is 0.278 e. The van der Waals surface area contributed by atoms with Gasteiger partial charge in [0.1, 0.15) is 11.6 Å². The number of methoxy groups -OCH3 is 1. The summed E-state index contributed by atoms with van der Waals surface area (Å²) in [5, 5.41) is 14.7. The first-order chi connectivity index (χ1) is 15.6. The fraction of sp³-hybridized carbons (Fsp3) is 0.375. The number of halogens is 1. The molecule has 1 aliphatic rings. The topological polar surface area (TPSA) is 81.1 Å². The minimum absolute atomic E-state index is 0.316. The van der Waals surface area contributed by atoms with Crippen LogP contribution >= 0.6 is 0 Å². The monoisotopic (exact) mass is 437 g/mol. The first-order valence-corrected chi connectivity index (χ1v) is 11.0. The summed E-state index contributed by atoms with van der Waals surface area (Å²) < 4.78 is 20.3. The van der Waals surface area contributed by atoms with E-state index in [2.05, 4.69) is 20.9 Å². The van der Waals surface area contributed by atoms with Gasteiger partial charge in [-0.15, -0.1) is 5.10 Å². The summed E-state index contributed by atoms with van der Waals surface area (Å²) in [6, 6.07) is 13.6. The van der Waals surface area contributed by atoms with Crippen molar-refractivity contribution < 1.29 is 13.9 Å². The number of aromatic nitrogens is 3. The Morgan fingerprint density at radius 3 is 2.53 bits per heavy atom. The molecule has 0 saturated carbocycles.